The van der Waals surface area contributed by atoms with Crippen LogP contribution in [0.15, 0.2) is 23.3 Å². The molecule has 1 spiro atoms. The molecule has 0 aliphatic heterocycles. The predicted octanol–water partition coefficient (Wildman–Crippen LogP) is 4.78. The zero-order chi connectivity index (χ0) is 22.4. The summed E-state index contributed by atoms with van der Waals surface area (Å²) in [5.74, 6) is 1.78. The Balaban J connectivity index is 1.46. The van der Waals surface area contributed by atoms with Gasteiger partial charge in [-0.25, -0.2) is 0 Å². The normalized spacial score (nSPS) is 41.0. The molecule has 0 aromatic rings. The van der Waals surface area contributed by atoms with Crippen LogP contribution in [0.5, 0.6) is 0 Å². The van der Waals surface area contributed by atoms with Gasteiger partial charge >= 0.3 is 0 Å². The molecular weight excluding hydrogens is 388 g/mol. The van der Waals surface area contributed by atoms with Crippen LogP contribution in [0, 0.1) is 28.6 Å². The number of aliphatic hydroxyl groups excluding tert-OH is 2. The van der Waals surface area contributed by atoms with Crippen LogP contribution in [0.4, 0.5) is 0 Å². The molecule has 0 amide bonds. The van der Waals surface area contributed by atoms with E-state index in [-0.39, 0.29) is 11.5 Å². The Hall–Kier alpha value is -0.680. The molecule has 4 nitrogen and oxygen atoms in total. The van der Waals surface area contributed by atoms with Crippen LogP contribution in [0.1, 0.15) is 85.5 Å². The summed E-state index contributed by atoms with van der Waals surface area (Å²) in [6.45, 7) is 9.53. The first-order chi connectivity index (χ1) is 14.6. The summed E-state index contributed by atoms with van der Waals surface area (Å²) in [6.07, 6.45) is 13.5. The maximum absolute atomic E-state index is 10.5. The molecule has 0 aromatic heterocycles. The van der Waals surface area contributed by atoms with E-state index in [2.05, 4.69) is 26.0 Å². The lowest BCUT2D eigenvalue weighted by Gasteiger charge is -2.44. The van der Waals surface area contributed by atoms with Gasteiger partial charge in [0.2, 0.25) is 0 Å². The molecule has 3 N–H and O–H groups in total. The molecule has 4 saturated carbocycles. The van der Waals surface area contributed by atoms with Gasteiger partial charge in [0.25, 0.3) is 0 Å². The Kier molecular flexibility index (Phi) is 6.51. The maximum atomic E-state index is 10.5. The summed E-state index contributed by atoms with van der Waals surface area (Å²) in [4.78, 5) is 0. The largest absolute Gasteiger partial charge is 0.393 e. The summed E-state index contributed by atoms with van der Waals surface area (Å²) < 4.78 is 5.88. The summed E-state index contributed by atoms with van der Waals surface area (Å²) in [6, 6.07) is 0. The van der Waals surface area contributed by atoms with E-state index < -0.39 is 11.7 Å². The standard InChI is InChI=1S/C27H44O4/c1-18(16-31-17-25(2,3)30)22-9-10-23-19(6-5-11-26(22,23)4)7-8-20-14-21(28)15-24(29)27(20)12-13-27/h7-8,18,21-24,28-30H,5-6,9-17H2,1-4H3/b19-7+,20-8+/t18-,21-,22-,23+,24+,26-/m1/s1. The first kappa shape index (κ1) is 23.5. The molecule has 0 unspecified atom stereocenters. The van der Waals surface area contributed by atoms with Gasteiger partial charge in [0.1, 0.15) is 0 Å². The van der Waals surface area contributed by atoms with Gasteiger partial charge in [-0.15, -0.1) is 0 Å². The number of ether oxygens (including phenoxy) is 1. The van der Waals surface area contributed by atoms with Gasteiger partial charge < -0.3 is 20.1 Å². The van der Waals surface area contributed by atoms with Crippen molar-refractivity contribution in [1.29, 1.82) is 0 Å². The Labute approximate surface area is 188 Å². The molecule has 6 atom stereocenters. The van der Waals surface area contributed by atoms with Gasteiger partial charge in [-0.2, -0.15) is 0 Å². The third kappa shape index (κ3) is 4.69. The van der Waals surface area contributed by atoms with E-state index in [4.69, 9.17) is 4.74 Å². The number of hydrogen-bond acceptors (Lipinski definition) is 4. The van der Waals surface area contributed by atoms with Crippen molar-refractivity contribution in [1.82, 2.24) is 0 Å². The molecule has 4 aliphatic rings. The summed E-state index contributed by atoms with van der Waals surface area (Å²) in [7, 11) is 0. The molecule has 0 heterocycles. The lowest BCUT2D eigenvalue weighted by Crippen LogP contribution is -2.37. The fraction of sp³-hybridized carbons (Fsp3) is 0.852. The Morgan fingerprint density at radius 3 is 2.58 bits per heavy atom. The third-order valence-corrected chi connectivity index (χ3v) is 9.08. The minimum absolute atomic E-state index is 0.0290. The fourth-order valence-electron chi connectivity index (χ4n) is 7.29. The smallest absolute Gasteiger partial charge is 0.0824 e. The minimum atomic E-state index is -0.769. The average Bonchev–Trinajstić information content (AvgIpc) is 3.38. The second-order valence-electron chi connectivity index (χ2n) is 12.1. The van der Waals surface area contributed by atoms with E-state index in [1.54, 1.807) is 19.4 Å². The lowest BCUT2D eigenvalue weighted by molar-refractivity contribution is -0.0424. The molecule has 0 radical (unpaired) electrons. The highest BCUT2D eigenvalue weighted by Gasteiger charge is 2.54. The molecular formula is C27H44O4. The number of fused-ring (bicyclic) bond motifs is 1. The molecule has 31 heavy (non-hydrogen) atoms. The van der Waals surface area contributed by atoms with E-state index in [9.17, 15) is 15.3 Å². The minimum Gasteiger partial charge on any atom is -0.393 e. The Bertz CT molecular complexity index is 713. The van der Waals surface area contributed by atoms with Gasteiger partial charge in [0.05, 0.1) is 24.4 Å². The Morgan fingerprint density at radius 2 is 1.90 bits per heavy atom. The summed E-state index contributed by atoms with van der Waals surface area (Å²) in [5, 5.41) is 30.7. The highest BCUT2D eigenvalue weighted by atomic mass is 16.5. The second kappa shape index (κ2) is 8.59. The zero-order valence-electron chi connectivity index (χ0n) is 20.1. The van der Waals surface area contributed by atoms with Crippen molar-refractivity contribution < 1.29 is 20.1 Å². The van der Waals surface area contributed by atoms with Gasteiger partial charge in [0.15, 0.2) is 0 Å². The van der Waals surface area contributed by atoms with Crippen molar-refractivity contribution in [3.8, 4) is 0 Å². The third-order valence-electron chi connectivity index (χ3n) is 9.08. The van der Waals surface area contributed by atoms with Crippen molar-refractivity contribution in [3.63, 3.8) is 0 Å². The van der Waals surface area contributed by atoms with Crippen LogP contribution in [0.25, 0.3) is 0 Å². The molecule has 4 aliphatic carbocycles. The van der Waals surface area contributed by atoms with E-state index in [0.29, 0.717) is 36.2 Å². The zero-order valence-corrected chi connectivity index (χ0v) is 20.1. The van der Waals surface area contributed by atoms with Crippen molar-refractivity contribution in [2.75, 3.05) is 13.2 Å². The highest BCUT2D eigenvalue weighted by Crippen LogP contribution is 2.61. The first-order valence-corrected chi connectivity index (χ1v) is 12.6. The van der Waals surface area contributed by atoms with Crippen LogP contribution in [0.3, 0.4) is 0 Å². The van der Waals surface area contributed by atoms with E-state index in [1.807, 2.05) is 0 Å². The van der Waals surface area contributed by atoms with E-state index in [1.165, 1.54) is 37.7 Å². The average molecular weight is 433 g/mol. The number of aliphatic hydroxyl groups is 3. The summed E-state index contributed by atoms with van der Waals surface area (Å²) in [5.41, 5.74) is 2.39. The van der Waals surface area contributed by atoms with E-state index >= 15 is 0 Å². The summed E-state index contributed by atoms with van der Waals surface area (Å²) >= 11 is 0. The van der Waals surface area contributed by atoms with Gasteiger partial charge in [-0.3, -0.25) is 0 Å². The molecule has 176 valence electrons. The van der Waals surface area contributed by atoms with Gasteiger partial charge in [0, 0.05) is 18.4 Å². The molecule has 4 rings (SSSR count). The highest BCUT2D eigenvalue weighted by molar-refractivity contribution is 5.33. The Morgan fingerprint density at radius 1 is 1.16 bits per heavy atom. The van der Waals surface area contributed by atoms with Crippen molar-refractivity contribution in [3.05, 3.63) is 23.3 Å². The predicted molar refractivity (Wildman–Crippen MR) is 124 cm³/mol. The molecule has 4 fully saturated rings. The SMILES string of the molecule is C[C@H](COCC(C)(C)O)[C@H]1CC[C@H]2/C(=C/C=C3\C[C@@H](O)C[C@H](O)C34CC4)CCC[C@]12C. The fourth-order valence-corrected chi connectivity index (χ4v) is 7.29. The molecule has 0 saturated heterocycles. The topological polar surface area (TPSA) is 69.9 Å². The van der Waals surface area contributed by atoms with Crippen molar-refractivity contribution >= 4 is 0 Å². The van der Waals surface area contributed by atoms with E-state index in [0.717, 1.165) is 25.9 Å². The number of allylic oxidation sites excluding steroid dienone is 3. The molecule has 0 aromatic carbocycles. The lowest BCUT2D eigenvalue weighted by atomic mass is 9.61. The van der Waals surface area contributed by atoms with Gasteiger partial charge in [-0.1, -0.05) is 37.1 Å². The molecule has 4 heteroatoms. The number of hydrogen-bond donors (Lipinski definition) is 3. The van der Waals surface area contributed by atoms with Gasteiger partial charge in [-0.05, 0) is 88.4 Å². The van der Waals surface area contributed by atoms with Crippen molar-refractivity contribution in [2.45, 2.75) is 103 Å². The first-order valence-electron chi connectivity index (χ1n) is 12.6. The van der Waals surface area contributed by atoms with Crippen LogP contribution in [-0.2, 0) is 4.74 Å². The maximum Gasteiger partial charge on any atom is 0.0824 e. The quantitative estimate of drug-likeness (QED) is 0.565. The molecule has 0 bridgehead atoms. The number of rotatable bonds is 6. The van der Waals surface area contributed by atoms with Crippen LogP contribution in [-0.4, -0.2) is 46.3 Å². The van der Waals surface area contributed by atoms with Crippen LogP contribution < -0.4 is 0 Å². The van der Waals surface area contributed by atoms with Crippen molar-refractivity contribution in [2.24, 2.45) is 28.6 Å². The van der Waals surface area contributed by atoms with Crippen LogP contribution in [0.2, 0.25) is 0 Å². The monoisotopic (exact) mass is 432 g/mol. The second-order valence-corrected chi connectivity index (χ2v) is 12.1. The van der Waals surface area contributed by atoms with Crippen LogP contribution >= 0.6 is 0 Å².